The summed E-state index contributed by atoms with van der Waals surface area (Å²) in [6.45, 7) is 2.74. The van der Waals surface area contributed by atoms with E-state index in [9.17, 15) is 44.3 Å². The van der Waals surface area contributed by atoms with Crippen LogP contribution in [0.1, 0.15) is 55.0 Å². The summed E-state index contributed by atoms with van der Waals surface area (Å²) in [7, 11) is -3.53. The average Bonchev–Trinajstić information content (AvgIpc) is 2.93. The van der Waals surface area contributed by atoms with Gasteiger partial charge in [-0.05, 0) is 56.0 Å². The van der Waals surface area contributed by atoms with Gasteiger partial charge in [0.25, 0.3) is 0 Å². The molecule has 3 N–H and O–H groups in total. The minimum absolute atomic E-state index is 0.0629. The van der Waals surface area contributed by atoms with Gasteiger partial charge in [-0.25, -0.2) is 17.9 Å². The van der Waals surface area contributed by atoms with Crippen molar-refractivity contribution in [3.8, 4) is 0 Å². The van der Waals surface area contributed by atoms with Crippen LogP contribution in [-0.4, -0.2) is 63.8 Å². The van der Waals surface area contributed by atoms with Gasteiger partial charge in [0, 0.05) is 19.6 Å². The number of ether oxygens (including phenoxy) is 1. The largest absolute Gasteiger partial charge is 0.416 e. The fraction of sp³-hybridized carbons (Fsp3) is 0.500. The van der Waals surface area contributed by atoms with Gasteiger partial charge >= 0.3 is 18.4 Å². The van der Waals surface area contributed by atoms with Crippen molar-refractivity contribution in [3.05, 3.63) is 70.8 Å². The molecule has 44 heavy (non-hydrogen) atoms. The quantitative estimate of drug-likeness (QED) is 0.242. The lowest BCUT2D eigenvalue weighted by molar-refractivity contribution is -0.143. The van der Waals surface area contributed by atoms with Crippen LogP contribution in [0, 0.1) is 0 Å². The second-order valence-corrected chi connectivity index (χ2v) is 12.9. The second kappa shape index (κ2) is 13.4. The standard InChI is InChI=1S/C28H34F6N4O5S/c1-19(20-13-22(27(29,30)31)15-23(14-20)28(32,33)34)43-17-26(21-7-5-4-6-8-21)10-9-25(2,16-35-26)37-24(40)38(18-39)12-11-36-44(3,41)42/h4-8,13-15,18-19,35-36H,9-12,16-17H2,1-3H3,(H,37,40)/t19-,25+,26-/m1/s1. The zero-order valence-corrected chi connectivity index (χ0v) is 25.0. The lowest BCUT2D eigenvalue weighted by atomic mass is 9.77. The van der Waals surface area contributed by atoms with Gasteiger partial charge in [0.1, 0.15) is 0 Å². The van der Waals surface area contributed by atoms with Crippen molar-refractivity contribution < 1.29 is 49.1 Å². The molecular formula is C28H34F6N4O5S. The maximum atomic E-state index is 13.4. The maximum Gasteiger partial charge on any atom is 0.416 e. The molecule has 244 valence electrons. The molecule has 1 aliphatic heterocycles. The van der Waals surface area contributed by atoms with E-state index in [0.29, 0.717) is 25.0 Å². The number of urea groups is 1. The van der Waals surface area contributed by atoms with E-state index < -0.39 is 56.7 Å². The highest BCUT2D eigenvalue weighted by Gasteiger charge is 2.43. The summed E-state index contributed by atoms with van der Waals surface area (Å²) >= 11 is 0. The first-order chi connectivity index (χ1) is 20.3. The highest BCUT2D eigenvalue weighted by atomic mass is 32.2. The Kier molecular flexibility index (Phi) is 10.8. The Morgan fingerprint density at radius 3 is 2.14 bits per heavy atom. The lowest BCUT2D eigenvalue weighted by Crippen LogP contribution is -2.64. The molecule has 0 aromatic heterocycles. The number of carbonyl (C=O) groups excluding carboxylic acids is 2. The molecule has 0 radical (unpaired) electrons. The lowest BCUT2D eigenvalue weighted by Gasteiger charge is -2.47. The van der Waals surface area contributed by atoms with Gasteiger partial charge in [-0.3, -0.25) is 9.69 Å². The minimum Gasteiger partial charge on any atom is -0.372 e. The van der Waals surface area contributed by atoms with E-state index in [1.165, 1.54) is 6.92 Å². The summed E-state index contributed by atoms with van der Waals surface area (Å²) in [6.07, 6.45) is -9.25. The molecule has 2 aromatic rings. The van der Waals surface area contributed by atoms with Crippen LogP contribution in [0.3, 0.4) is 0 Å². The normalized spacial score (nSPS) is 21.8. The van der Waals surface area contributed by atoms with Crippen LogP contribution >= 0.6 is 0 Å². The molecule has 9 nitrogen and oxygen atoms in total. The molecule has 0 bridgehead atoms. The molecule has 1 heterocycles. The highest BCUT2D eigenvalue weighted by molar-refractivity contribution is 7.88. The van der Waals surface area contributed by atoms with Gasteiger partial charge in [-0.15, -0.1) is 0 Å². The Balaban J connectivity index is 1.77. The molecule has 0 spiro atoms. The first-order valence-electron chi connectivity index (χ1n) is 13.5. The number of amides is 3. The Morgan fingerprint density at radius 2 is 1.66 bits per heavy atom. The molecule has 16 heteroatoms. The number of nitrogens with zero attached hydrogens (tertiary/aromatic N) is 1. The van der Waals surface area contributed by atoms with Gasteiger partial charge < -0.3 is 15.4 Å². The molecule has 3 amide bonds. The summed E-state index contributed by atoms with van der Waals surface area (Å²) < 4.78 is 111. The van der Waals surface area contributed by atoms with Crippen LogP contribution in [0.15, 0.2) is 48.5 Å². The van der Waals surface area contributed by atoms with Crippen LogP contribution in [-0.2, 0) is 37.4 Å². The smallest absolute Gasteiger partial charge is 0.372 e. The third kappa shape index (κ3) is 9.39. The number of carbonyl (C=O) groups is 2. The molecule has 2 aromatic carbocycles. The SMILES string of the molecule is C[C@@H](OC[C@@]1(c2ccccc2)CC[C@](C)(NC(=O)N(C=O)CCNS(C)(=O)=O)CN1)c1cc(C(F)(F)F)cc(C(F)(F)F)c1. The molecule has 3 rings (SSSR count). The second-order valence-electron chi connectivity index (χ2n) is 11.1. The van der Waals surface area contributed by atoms with Crippen molar-refractivity contribution in [2.75, 3.05) is 32.5 Å². The predicted octanol–water partition coefficient (Wildman–Crippen LogP) is 4.56. The molecule has 0 aliphatic carbocycles. The zero-order valence-electron chi connectivity index (χ0n) is 24.2. The summed E-state index contributed by atoms with van der Waals surface area (Å²) in [4.78, 5) is 25.1. The van der Waals surface area contributed by atoms with Gasteiger partial charge in [0.2, 0.25) is 16.4 Å². The molecule has 3 atom stereocenters. The Labute approximate surface area is 251 Å². The molecule has 0 saturated carbocycles. The summed E-state index contributed by atoms with van der Waals surface area (Å²) in [6, 6.07) is 9.52. The number of alkyl halides is 6. The zero-order chi connectivity index (χ0) is 33.0. The highest BCUT2D eigenvalue weighted by Crippen LogP contribution is 2.39. The van der Waals surface area contributed by atoms with Crippen molar-refractivity contribution in [3.63, 3.8) is 0 Å². The summed E-state index contributed by atoms with van der Waals surface area (Å²) in [5.74, 6) is 0. The van der Waals surface area contributed by atoms with Crippen LogP contribution in [0.2, 0.25) is 0 Å². The Morgan fingerprint density at radius 1 is 1.07 bits per heavy atom. The van der Waals surface area contributed by atoms with Crippen molar-refractivity contribution in [1.82, 2.24) is 20.3 Å². The molecular weight excluding hydrogens is 618 g/mol. The van der Waals surface area contributed by atoms with Gasteiger partial charge in [-0.2, -0.15) is 26.3 Å². The molecule has 1 fully saturated rings. The van der Waals surface area contributed by atoms with Gasteiger partial charge in [-0.1, -0.05) is 30.3 Å². The maximum absolute atomic E-state index is 13.4. The number of rotatable bonds is 11. The average molecular weight is 653 g/mol. The van der Waals surface area contributed by atoms with Gasteiger partial charge in [0.05, 0.1) is 41.2 Å². The van der Waals surface area contributed by atoms with E-state index in [2.05, 4.69) is 15.4 Å². The molecule has 1 saturated heterocycles. The number of piperidine rings is 1. The molecule has 1 aliphatic rings. The fourth-order valence-electron chi connectivity index (χ4n) is 4.81. The first kappa shape index (κ1) is 35.3. The number of imide groups is 1. The van der Waals surface area contributed by atoms with Crippen LogP contribution in [0.5, 0.6) is 0 Å². The van der Waals surface area contributed by atoms with Crippen LogP contribution < -0.4 is 15.4 Å². The number of benzene rings is 2. The van der Waals surface area contributed by atoms with E-state index in [1.54, 1.807) is 37.3 Å². The first-order valence-corrected chi connectivity index (χ1v) is 15.4. The van der Waals surface area contributed by atoms with Crippen molar-refractivity contribution >= 4 is 22.5 Å². The number of hydrogen-bond donors (Lipinski definition) is 3. The van der Waals surface area contributed by atoms with E-state index in [0.717, 1.165) is 16.7 Å². The third-order valence-corrected chi connectivity index (χ3v) is 8.15. The predicted molar refractivity (Wildman–Crippen MR) is 149 cm³/mol. The third-order valence-electron chi connectivity index (χ3n) is 7.42. The summed E-state index contributed by atoms with van der Waals surface area (Å²) in [5, 5.41) is 6.12. The van der Waals surface area contributed by atoms with E-state index in [4.69, 9.17) is 4.74 Å². The van der Waals surface area contributed by atoms with Crippen molar-refractivity contribution in [2.45, 2.75) is 56.2 Å². The summed E-state index contributed by atoms with van der Waals surface area (Å²) in [5.41, 5.74) is -4.21. The number of nitrogens with one attached hydrogen (secondary N) is 3. The monoisotopic (exact) mass is 652 g/mol. The van der Waals surface area contributed by atoms with Crippen molar-refractivity contribution in [2.24, 2.45) is 0 Å². The fourth-order valence-corrected chi connectivity index (χ4v) is 5.27. The van der Waals surface area contributed by atoms with E-state index in [1.807, 2.05) is 0 Å². The minimum atomic E-state index is -5.00. The van der Waals surface area contributed by atoms with Gasteiger partial charge in [0.15, 0.2) is 0 Å². The van der Waals surface area contributed by atoms with E-state index >= 15 is 0 Å². The Bertz CT molecular complexity index is 1380. The number of hydrogen-bond acceptors (Lipinski definition) is 6. The molecule has 0 unspecified atom stereocenters. The van der Waals surface area contributed by atoms with Crippen LogP contribution in [0.4, 0.5) is 31.1 Å². The van der Waals surface area contributed by atoms with Crippen molar-refractivity contribution in [1.29, 1.82) is 0 Å². The Hall–Kier alpha value is -3.21. The van der Waals surface area contributed by atoms with Crippen LogP contribution in [0.25, 0.3) is 0 Å². The topological polar surface area (TPSA) is 117 Å². The van der Waals surface area contributed by atoms with E-state index in [-0.39, 0.29) is 44.3 Å². The number of halogens is 6. The number of sulfonamides is 1.